The number of esters is 1. The minimum Gasteiger partial charge on any atom is -0.469 e. The predicted octanol–water partition coefficient (Wildman–Crippen LogP) is 1.31. The maximum absolute atomic E-state index is 12.0. The highest BCUT2D eigenvalue weighted by molar-refractivity contribution is 9.10. The van der Waals surface area contributed by atoms with Crippen LogP contribution in [0.25, 0.3) is 0 Å². The van der Waals surface area contributed by atoms with Gasteiger partial charge in [-0.25, -0.2) is 9.69 Å². The van der Waals surface area contributed by atoms with E-state index in [0.717, 1.165) is 4.90 Å². The fraction of sp³-hybridized carbons (Fsp3) is 0.750. The Bertz CT molecular complexity index is 444. The molecule has 6 nitrogen and oxygen atoms in total. The first-order chi connectivity index (χ1) is 8.69. The second-order valence-corrected chi connectivity index (χ2v) is 6.69. The first kappa shape index (κ1) is 14.3. The first-order valence-corrected chi connectivity index (χ1v) is 6.88. The van der Waals surface area contributed by atoms with Gasteiger partial charge in [-0.15, -0.1) is 0 Å². The van der Waals surface area contributed by atoms with Crippen LogP contribution in [0.3, 0.4) is 0 Å². The molecule has 0 N–H and O–H groups in total. The Morgan fingerprint density at radius 3 is 2.37 bits per heavy atom. The summed E-state index contributed by atoms with van der Waals surface area (Å²) in [6.45, 7) is 5.16. The molecule has 2 amide bonds. The lowest BCUT2D eigenvalue weighted by atomic mass is 10.2. The Balaban J connectivity index is 2.15. The molecular formula is C12H16BrNO5. The van der Waals surface area contributed by atoms with Gasteiger partial charge in [-0.1, -0.05) is 15.9 Å². The first-order valence-electron chi connectivity index (χ1n) is 5.97. The fourth-order valence-corrected chi connectivity index (χ4v) is 3.27. The van der Waals surface area contributed by atoms with Gasteiger partial charge < -0.3 is 9.47 Å². The Hall–Kier alpha value is -1.11. The number of fused-ring (bicyclic) bond motifs is 1. The number of carbonyl (C=O) groups is 3. The van der Waals surface area contributed by atoms with Crippen molar-refractivity contribution >= 4 is 33.9 Å². The number of piperidine rings is 1. The lowest BCUT2D eigenvalue weighted by Crippen LogP contribution is -2.43. The molecule has 0 bridgehead atoms. The third kappa shape index (κ3) is 2.35. The van der Waals surface area contributed by atoms with E-state index in [0.29, 0.717) is 0 Å². The summed E-state index contributed by atoms with van der Waals surface area (Å²) in [6, 6.07) is -0.445. The van der Waals surface area contributed by atoms with Crippen LogP contribution in [0, 0.1) is 11.8 Å². The summed E-state index contributed by atoms with van der Waals surface area (Å²) in [7, 11) is 1.29. The summed E-state index contributed by atoms with van der Waals surface area (Å²) < 4.78 is 9.87. The summed E-state index contributed by atoms with van der Waals surface area (Å²) in [6.07, 6.45) is -0.708. The van der Waals surface area contributed by atoms with Crippen molar-refractivity contribution in [1.29, 1.82) is 0 Å². The van der Waals surface area contributed by atoms with E-state index in [1.165, 1.54) is 7.11 Å². The average molecular weight is 334 g/mol. The van der Waals surface area contributed by atoms with Gasteiger partial charge in [0.1, 0.15) is 5.60 Å². The van der Waals surface area contributed by atoms with Crippen molar-refractivity contribution in [2.75, 3.05) is 7.11 Å². The van der Waals surface area contributed by atoms with Crippen LogP contribution in [0.5, 0.6) is 0 Å². The number of hydrogen-bond donors (Lipinski definition) is 0. The number of imide groups is 1. The minimum atomic E-state index is -0.708. The average Bonchev–Trinajstić information content (AvgIpc) is 2.93. The van der Waals surface area contributed by atoms with Crippen molar-refractivity contribution in [3.05, 3.63) is 0 Å². The van der Waals surface area contributed by atoms with Crippen LogP contribution in [-0.4, -0.2) is 46.4 Å². The van der Waals surface area contributed by atoms with Crippen molar-refractivity contribution < 1.29 is 23.9 Å². The molecule has 106 valence electrons. The van der Waals surface area contributed by atoms with E-state index in [1.807, 2.05) is 0 Å². The van der Waals surface area contributed by atoms with E-state index in [2.05, 4.69) is 20.7 Å². The summed E-state index contributed by atoms with van der Waals surface area (Å²) in [5.74, 6) is -1.42. The third-order valence-corrected chi connectivity index (χ3v) is 4.21. The van der Waals surface area contributed by atoms with Gasteiger partial charge in [0.25, 0.3) is 0 Å². The van der Waals surface area contributed by atoms with Gasteiger partial charge in [-0.2, -0.15) is 0 Å². The maximum atomic E-state index is 12.0. The number of likely N-dealkylation sites (tertiary alicyclic amines) is 1. The van der Waals surface area contributed by atoms with Crippen molar-refractivity contribution in [3.8, 4) is 0 Å². The number of nitrogens with zero attached hydrogens (tertiary/aromatic N) is 1. The highest BCUT2D eigenvalue weighted by Gasteiger charge is 2.71. The van der Waals surface area contributed by atoms with Crippen LogP contribution in [-0.2, 0) is 19.1 Å². The number of halogens is 1. The van der Waals surface area contributed by atoms with Crippen LogP contribution < -0.4 is 0 Å². The molecule has 1 aliphatic heterocycles. The molecule has 0 aromatic heterocycles. The van der Waals surface area contributed by atoms with Crippen LogP contribution >= 0.6 is 15.9 Å². The Labute approximate surface area is 119 Å². The van der Waals surface area contributed by atoms with Gasteiger partial charge in [0.2, 0.25) is 5.91 Å². The Morgan fingerprint density at radius 2 is 1.89 bits per heavy atom. The molecule has 1 aliphatic carbocycles. The predicted molar refractivity (Wildman–Crippen MR) is 68.6 cm³/mol. The molecule has 7 heteroatoms. The molecule has 1 heterocycles. The van der Waals surface area contributed by atoms with Gasteiger partial charge in [-0.3, -0.25) is 9.59 Å². The number of carbonyl (C=O) groups excluding carboxylic acids is 3. The quantitative estimate of drug-likeness (QED) is 0.534. The molecule has 1 saturated heterocycles. The summed E-state index contributed by atoms with van der Waals surface area (Å²) in [4.78, 5) is 36.0. The van der Waals surface area contributed by atoms with Gasteiger partial charge in [0.05, 0.1) is 23.9 Å². The number of alkyl halides is 1. The molecule has 1 saturated carbocycles. The molecule has 0 aromatic rings. The molecular weight excluding hydrogens is 318 g/mol. The summed E-state index contributed by atoms with van der Waals surface area (Å²) >= 11 is 3.23. The molecule has 0 unspecified atom stereocenters. The normalized spacial score (nSPS) is 32.9. The Kier molecular flexibility index (Phi) is 3.36. The highest BCUT2D eigenvalue weighted by atomic mass is 79.9. The molecule has 0 spiro atoms. The molecule has 19 heavy (non-hydrogen) atoms. The number of amides is 2. The number of rotatable bonds is 1. The smallest absolute Gasteiger partial charge is 0.417 e. The van der Waals surface area contributed by atoms with E-state index in [1.54, 1.807) is 20.8 Å². The zero-order chi connectivity index (χ0) is 14.5. The van der Waals surface area contributed by atoms with Crippen molar-refractivity contribution in [2.45, 2.75) is 37.2 Å². The monoisotopic (exact) mass is 333 g/mol. The highest BCUT2D eigenvalue weighted by Crippen LogP contribution is 2.54. The summed E-state index contributed by atoms with van der Waals surface area (Å²) in [5, 5.41) is 0. The van der Waals surface area contributed by atoms with Crippen molar-refractivity contribution in [3.63, 3.8) is 0 Å². The third-order valence-electron chi connectivity index (χ3n) is 3.21. The molecule has 2 aliphatic rings. The zero-order valence-corrected chi connectivity index (χ0v) is 12.8. The zero-order valence-electron chi connectivity index (χ0n) is 11.2. The van der Waals surface area contributed by atoms with E-state index in [9.17, 15) is 14.4 Å². The minimum absolute atomic E-state index is 0.215. The van der Waals surface area contributed by atoms with E-state index in [4.69, 9.17) is 4.74 Å². The Morgan fingerprint density at radius 1 is 1.32 bits per heavy atom. The summed E-state index contributed by atoms with van der Waals surface area (Å²) in [5.41, 5.74) is -0.688. The molecule has 2 rings (SSSR count). The topological polar surface area (TPSA) is 72.9 Å². The maximum Gasteiger partial charge on any atom is 0.417 e. The SMILES string of the molecule is COC(=O)[C@H]1[C@H]2[C@@H]1N(C(=O)OC(C)(C)C)C(=O)[C@H]2Br. The van der Waals surface area contributed by atoms with E-state index in [-0.39, 0.29) is 11.8 Å². The van der Waals surface area contributed by atoms with Gasteiger partial charge in [-0.05, 0) is 20.8 Å². The van der Waals surface area contributed by atoms with Gasteiger partial charge in [0, 0.05) is 5.92 Å². The number of ether oxygens (including phenoxy) is 2. The van der Waals surface area contributed by atoms with E-state index < -0.39 is 34.5 Å². The molecule has 2 fully saturated rings. The standard InChI is InChI=1S/C12H16BrNO5/c1-12(2,3)19-11(17)14-8-5(7(13)9(14)15)6(8)10(16)18-4/h5-8H,1-4H3/t5-,6+,7+,8+/m1/s1. The van der Waals surface area contributed by atoms with Crippen LogP contribution in [0.15, 0.2) is 0 Å². The second kappa shape index (κ2) is 4.47. The molecule has 0 radical (unpaired) electrons. The van der Waals surface area contributed by atoms with Crippen molar-refractivity contribution in [2.24, 2.45) is 11.8 Å². The lowest BCUT2D eigenvalue weighted by Gasteiger charge is -2.25. The van der Waals surface area contributed by atoms with Gasteiger partial charge >= 0.3 is 12.1 Å². The van der Waals surface area contributed by atoms with Gasteiger partial charge in [0.15, 0.2) is 0 Å². The second-order valence-electron chi connectivity index (χ2n) is 5.71. The molecule has 0 aromatic carbocycles. The largest absolute Gasteiger partial charge is 0.469 e. The number of hydrogen-bond acceptors (Lipinski definition) is 5. The lowest BCUT2D eigenvalue weighted by molar-refractivity contribution is -0.143. The van der Waals surface area contributed by atoms with E-state index >= 15 is 0 Å². The van der Waals surface area contributed by atoms with Crippen LogP contribution in [0.4, 0.5) is 4.79 Å². The fourth-order valence-electron chi connectivity index (χ4n) is 2.41. The van der Waals surface area contributed by atoms with Crippen LogP contribution in [0.2, 0.25) is 0 Å². The molecule has 4 atom stereocenters. The van der Waals surface area contributed by atoms with Crippen LogP contribution in [0.1, 0.15) is 20.8 Å². The number of methoxy groups -OCH3 is 1. The van der Waals surface area contributed by atoms with Crippen molar-refractivity contribution in [1.82, 2.24) is 4.90 Å².